The van der Waals surface area contributed by atoms with Crippen LogP contribution in [0, 0.1) is 0 Å². The van der Waals surface area contributed by atoms with Crippen LogP contribution in [-0.2, 0) is 0 Å². The second-order valence-electron chi connectivity index (χ2n) is 6.89. The summed E-state index contributed by atoms with van der Waals surface area (Å²) in [6, 6.07) is 28.6. The molecular weight excluding hydrogens is 388 g/mol. The molecule has 6 nitrogen and oxygen atoms in total. The van der Waals surface area contributed by atoms with E-state index in [4.69, 9.17) is 4.74 Å². The summed E-state index contributed by atoms with van der Waals surface area (Å²) in [7, 11) is 1.62. The number of para-hydroxylation sites is 1. The van der Waals surface area contributed by atoms with E-state index < -0.39 is 0 Å². The molecule has 31 heavy (non-hydrogen) atoms. The first-order valence-corrected chi connectivity index (χ1v) is 9.85. The van der Waals surface area contributed by atoms with Crippen molar-refractivity contribution in [1.82, 2.24) is 15.2 Å². The Kier molecular flexibility index (Phi) is 5.89. The number of aromatic nitrogens is 2. The van der Waals surface area contributed by atoms with Crippen LogP contribution in [0.2, 0.25) is 0 Å². The highest BCUT2D eigenvalue weighted by atomic mass is 16.5. The van der Waals surface area contributed by atoms with Gasteiger partial charge in [0.2, 0.25) is 0 Å². The molecule has 0 bridgehead atoms. The Balaban J connectivity index is 1.68. The van der Waals surface area contributed by atoms with Gasteiger partial charge < -0.3 is 4.74 Å². The summed E-state index contributed by atoms with van der Waals surface area (Å²) < 4.78 is 6.86. The maximum Gasteiger partial charge on any atom is 0.290 e. The van der Waals surface area contributed by atoms with Gasteiger partial charge in [-0.1, -0.05) is 48.5 Å². The van der Waals surface area contributed by atoms with Crippen LogP contribution in [0.4, 0.5) is 0 Å². The van der Waals surface area contributed by atoms with E-state index in [-0.39, 0.29) is 5.91 Å². The number of methoxy groups -OCH3 is 1. The molecule has 1 heterocycles. The van der Waals surface area contributed by atoms with Crippen LogP contribution < -0.4 is 10.2 Å². The molecule has 1 amide bonds. The minimum Gasteiger partial charge on any atom is -0.497 e. The fraction of sp³-hybridized carbons (Fsp3) is 0.0800. The predicted octanol–water partition coefficient (Wildman–Crippen LogP) is 4.70. The molecule has 0 aliphatic carbocycles. The number of rotatable bonds is 6. The Hall–Kier alpha value is -4.19. The van der Waals surface area contributed by atoms with Gasteiger partial charge in [-0.2, -0.15) is 10.2 Å². The molecule has 1 N–H and O–H groups in total. The zero-order valence-corrected chi connectivity index (χ0v) is 17.3. The zero-order valence-electron chi connectivity index (χ0n) is 17.3. The Labute approximate surface area is 180 Å². The van der Waals surface area contributed by atoms with E-state index in [1.165, 1.54) is 0 Å². The number of hydrogen-bond donors (Lipinski definition) is 1. The first-order valence-electron chi connectivity index (χ1n) is 9.85. The molecule has 3 aromatic carbocycles. The van der Waals surface area contributed by atoms with Gasteiger partial charge in [-0.25, -0.2) is 10.1 Å². The molecule has 0 radical (unpaired) electrons. The maximum atomic E-state index is 13.0. The highest BCUT2D eigenvalue weighted by Crippen LogP contribution is 2.24. The summed E-state index contributed by atoms with van der Waals surface area (Å²) in [5, 5.41) is 8.95. The number of benzene rings is 3. The molecule has 0 fully saturated rings. The van der Waals surface area contributed by atoms with Crippen molar-refractivity contribution in [3.63, 3.8) is 0 Å². The number of amides is 1. The van der Waals surface area contributed by atoms with Crippen molar-refractivity contribution in [3.05, 3.63) is 102 Å². The largest absolute Gasteiger partial charge is 0.497 e. The topological polar surface area (TPSA) is 68.5 Å². The van der Waals surface area contributed by atoms with Crippen molar-refractivity contribution in [2.75, 3.05) is 7.11 Å². The molecule has 1 aromatic heterocycles. The average molecular weight is 410 g/mol. The molecule has 4 aromatic rings. The summed E-state index contributed by atoms with van der Waals surface area (Å²) in [5.74, 6) is 0.418. The van der Waals surface area contributed by atoms with E-state index in [9.17, 15) is 4.79 Å². The summed E-state index contributed by atoms with van der Waals surface area (Å²) >= 11 is 0. The SMILES string of the molecule is COc1ccc(-c2cc(C(=O)N/N=C(/C)c3ccccc3)n(-c3ccccc3)n2)cc1. The van der Waals surface area contributed by atoms with E-state index in [1.807, 2.05) is 91.9 Å². The molecule has 0 aliphatic heterocycles. The average Bonchev–Trinajstić information content (AvgIpc) is 3.29. The molecule has 0 spiro atoms. The van der Waals surface area contributed by atoms with Crippen molar-refractivity contribution in [2.45, 2.75) is 6.92 Å². The van der Waals surface area contributed by atoms with Gasteiger partial charge in [0, 0.05) is 5.56 Å². The minimum atomic E-state index is -0.341. The monoisotopic (exact) mass is 410 g/mol. The van der Waals surface area contributed by atoms with E-state index >= 15 is 0 Å². The number of nitrogens with one attached hydrogen (secondary N) is 1. The van der Waals surface area contributed by atoms with Crippen molar-refractivity contribution >= 4 is 11.6 Å². The van der Waals surface area contributed by atoms with Gasteiger partial charge in [0.1, 0.15) is 11.4 Å². The van der Waals surface area contributed by atoms with Gasteiger partial charge in [-0.05, 0) is 55.0 Å². The summed E-state index contributed by atoms with van der Waals surface area (Å²) in [6.07, 6.45) is 0. The van der Waals surface area contributed by atoms with Crippen LogP contribution in [-0.4, -0.2) is 28.5 Å². The fourth-order valence-corrected chi connectivity index (χ4v) is 3.15. The molecule has 0 atom stereocenters. The third-order valence-electron chi connectivity index (χ3n) is 4.85. The predicted molar refractivity (Wildman–Crippen MR) is 122 cm³/mol. The van der Waals surface area contributed by atoms with Gasteiger partial charge in [0.15, 0.2) is 0 Å². The molecule has 4 rings (SSSR count). The summed E-state index contributed by atoms with van der Waals surface area (Å²) in [4.78, 5) is 13.0. The van der Waals surface area contributed by atoms with Crippen LogP contribution >= 0.6 is 0 Å². The maximum absolute atomic E-state index is 13.0. The lowest BCUT2D eigenvalue weighted by molar-refractivity contribution is 0.0947. The van der Waals surface area contributed by atoms with Crippen LogP contribution in [0.25, 0.3) is 16.9 Å². The summed E-state index contributed by atoms with van der Waals surface area (Å²) in [5.41, 5.74) is 7.06. The second kappa shape index (κ2) is 9.09. The van der Waals surface area contributed by atoms with Gasteiger partial charge in [0.05, 0.1) is 24.2 Å². The van der Waals surface area contributed by atoms with Crippen molar-refractivity contribution < 1.29 is 9.53 Å². The van der Waals surface area contributed by atoms with E-state index in [2.05, 4.69) is 15.6 Å². The second-order valence-corrected chi connectivity index (χ2v) is 6.89. The Morgan fingerprint density at radius 1 is 0.935 bits per heavy atom. The molecule has 0 saturated heterocycles. The molecule has 0 unspecified atom stereocenters. The smallest absolute Gasteiger partial charge is 0.290 e. The molecule has 6 heteroatoms. The van der Waals surface area contributed by atoms with Crippen LogP contribution in [0.5, 0.6) is 5.75 Å². The van der Waals surface area contributed by atoms with Gasteiger partial charge in [0.25, 0.3) is 5.91 Å². The third kappa shape index (κ3) is 4.53. The molecule has 0 saturated carbocycles. The van der Waals surface area contributed by atoms with E-state index in [1.54, 1.807) is 17.9 Å². The first-order chi connectivity index (χ1) is 15.2. The Bertz CT molecular complexity index is 1200. The number of ether oxygens (including phenoxy) is 1. The van der Waals surface area contributed by atoms with Gasteiger partial charge in [-0.15, -0.1) is 0 Å². The number of carbonyl (C=O) groups excluding carboxylic acids is 1. The van der Waals surface area contributed by atoms with Crippen LogP contribution in [0.15, 0.2) is 96.1 Å². The van der Waals surface area contributed by atoms with Crippen molar-refractivity contribution in [3.8, 4) is 22.7 Å². The number of carbonyl (C=O) groups is 1. The number of hydrogen-bond acceptors (Lipinski definition) is 4. The number of hydrazone groups is 1. The van der Waals surface area contributed by atoms with Crippen molar-refractivity contribution in [2.24, 2.45) is 5.10 Å². The lowest BCUT2D eigenvalue weighted by Gasteiger charge is -2.07. The molecular formula is C25H22N4O2. The standard InChI is InChI=1S/C25H22N4O2/c1-18(19-9-5-3-6-10-19)26-27-25(30)24-17-23(20-13-15-22(31-2)16-14-20)28-29(24)21-11-7-4-8-12-21/h3-17H,1-2H3,(H,27,30)/b26-18-. The Morgan fingerprint density at radius 2 is 1.58 bits per heavy atom. The first kappa shape index (κ1) is 20.1. The van der Waals surface area contributed by atoms with E-state index in [0.29, 0.717) is 11.4 Å². The van der Waals surface area contributed by atoms with Gasteiger partial charge >= 0.3 is 0 Å². The number of nitrogens with zero attached hydrogens (tertiary/aromatic N) is 3. The van der Waals surface area contributed by atoms with Gasteiger partial charge in [-0.3, -0.25) is 4.79 Å². The van der Waals surface area contributed by atoms with Crippen molar-refractivity contribution in [1.29, 1.82) is 0 Å². The van der Waals surface area contributed by atoms with E-state index in [0.717, 1.165) is 28.3 Å². The van der Waals surface area contributed by atoms with Crippen LogP contribution in [0.3, 0.4) is 0 Å². The normalized spacial score (nSPS) is 11.2. The minimum absolute atomic E-state index is 0.341. The fourth-order valence-electron chi connectivity index (χ4n) is 3.15. The third-order valence-corrected chi connectivity index (χ3v) is 4.85. The molecule has 0 aliphatic rings. The molecule has 154 valence electrons. The lowest BCUT2D eigenvalue weighted by Crippen LogP contribution is -2.22. The highest BCUT2D eigenvalue weighted by Gasteiger charge is 2.17. The highest BCUT2D eigenvalue weighted by molar-refractivity contribution is 6.00. The Morgan fingerprint density at radius 3 is 2.23 bits per heavy atom. The quantitative estimate of drug-likeness (QED) is 0.370. The van der Waals surface area contributed by atoms with Crippen LogP contribution in [0.1, 0.15) is 23.0 Å². The lowest BCUT2D eigenvalue weighted by atomic mass is 10.1. The zero-order chi connectivity index (χ0) is 21.6. The summed E-state index contributed by atoms with van der Waals surface area (Å²) in [6.45, 7) is 1.85.